The lowest BCUT2D eigenvalue weighted by molar-refractivity contribution is 0.112. The predicted molar refractivity (Wildman–Crippen MR) is 68.7 cm³/mol. The summed E-state index contributed by atoms with van der Waals surface area (Å²) in [4.78, 5) is 13.8. The van der Waals surface area contributed by atoms with E-state index in [1.54, 1.807) is 20.8 Å². The summed E-state index contributed by atoms with van der Waals surface area (Å²) in [5.74, 6) is 0. The average molecular weight is 247 g/mol. The van der Waals surface area contributed by atoms with E-state index in [4.69, 9.17) is 5.53 Å². The van der Waals surface area contributed by atoms with E-state index in [1.165, 1.54) is 0 Å². The number of nitrogens with zero attached hydrogens (tertiary/aromatic N) is 3. The first-order valence-corrected chi connectivity index (χ1v) is 5.40. The van der Waals surface area contributed by atoms with Gasteiger partial charge in [0.2, 0.25) is 0 Å². The maximum Gasteiger partial charge on any atom is 0.489 e. The number of carbonyl (C=O) groups excluding carboxylic acids is 1. The number of hydrogen-bond donors (Lipinski definition) is 2. The second-order valence-electron chi connectivity index (χ2n) is 4.06. The molecule has 0 aromatic heterocycles. The monoisotopic (exact) mass is 247 g/mol. The summed E-state index contributed by atoms with van der Waals surface area (Å²) in [7, 11) is -1.66. The van der Waals surface area contributed by atoms with Gasteiger partial charge in [0.1, 0.15) is 0 Å². The van der Waals surface area contributed by atoms with Gasteiger partial charge in [-0.3, -0.25) is 4.79 Å². The molecule has 1 rings (SSSR count). The Balaban J connectivity index is 3.65. The molecular formula is C11H14BN3O3. The predicted octanol–water partition coefficient (Wildman–Crippen LogP) is 0.914. The van der Waals surface area contributed by atoms with Gasteiger partial charge in [0.25, 0.3) is 0 Å². The van der Waals surface area contributed by atoms with E-state index in [2.05, 4.69) is 10.0 Å². The second kappa shape index (κ2) is 5.68. The summed E-state index contributed by atoms with van der Waals surface area (Å²) in [6.45, 7) is 5.20. The van der Waals surface area contributed by atoms with Crippen LogP contribution in [0.5, 0.6) is 0 Å². The van der Waals surface area contributed by atoms with Gasteiger partial charge in [0.15, 0.2) is 6.29 Å². The molecule has 2 N–H and O–H groups in total. The highest BCUT2D eigenvalue weighted by atomic mass is 16.4. The maximum atomic E-state index is 11.1. The molecule has 1 aromatic rings. The summed E-state index contributed by atoms with van der Waals surface area (Å²) in [6, 6.07) is 0. The molecule has 0 heterocycles. The zero-order chi connectivity index (χ0) is 13.9. The lowest BCUT2D eigenvalue weighted by atomic mass is 9.71. The Labute approximate surface area is 105 Å². The van der Waals surface area contributed by atoms with Crippen LogP contribution in [-0.2, 0) is 6.54 Å². The smallest absolute Gasteiger partial charge is 0.423 e. The molecule has 0 saturated carbocycles. The van der Waals surface area contributed by atoms with E-state index in [0.717, 1.165) is 0 Å². The van der Waals surface area contributed by atoms with Crippen LogP contribution in [0.2, 0.25) is 0 Å². The molecule has 0 aliphatic carbocycles. The molecule has 6 nitrogen and oxygen atoms in total. The largest absolute Gasteiger partial charge is 0.489 e. The minimum Gasteiger partial charge on any atom is -0.423 e. The highest BCUT2D eigenvalue weighted by Gasteiger charge is 2.23. The van der Waals surface area contributed by atoms with Gasteiger partial charge in [-0.05, 0) is 54.0 Å². The van der Waals surface area contributed by atoms with Gasteiger partial charge >= 0.3 is 7.12 Å². The molecular weight excluding hydrogens is 233 g/mol. The van der Waals surface area contributed by atoms with Crippen LogP contribution in [0, 0.1) is 20.8 Å². The fourth-order valence-corrected chi connectivity index (χ4v) is 2.22. The van der Waals surface area contributed by atoms with Gasteiger partial charge in [0.05, 0.1) is 6.54 Å². The molecule has 94 valence electrons. The molecule has 0 unspecified atom stereocenters. The van der Waals surface area contributed by atoms with Crippen molar-refractivity contribution in [2.45, 2.75) is 27.3 Å². The number of benzene rings is 1. The summed E-state index contributed by atoms with van der Waals surface area (Å²) in [5, 5.41) is 22.2. The zero-order valence-corrected chi connectivity index (χ0v) is 10.5. The summed E-state index contributed by atoms with van der Waals surface area (Å²) in [5.41, 5.74) is 11.6. The third-order valence-corrected chi connectivity index (χ3v) is 3.19. The molecule has 0 fully saturated rings. The molecule has 0 spiro atoms. The van der Waals surface area contributed by atoms with Crippen molar-refractivity contribution in [3.63, 3.8) is 0 Å². The van der Waals surface area contributed by atoms with E-state index in [1.807, 2.05) is 0 Å². The Morgan fingerprint density at radius 3 is 2.33 bits per heavy atom. The van der Waals surface area contributed by atoms with Crippen molar-refractivity contribution in [2.75, 3.05) is 0 Å². The Morgan fingerprint density at radius 1 is 1.28 bits per heavy atom. The van der Waals surface area contributed by atoms with Crippen LogP contribution in [0.4, 0.5) is 0 Å². The van der Waals surface area contributed by atoms with Crippen molar-refractivity contribution in [1.29, 1.82) is 0 Å². The van der Waals surface area contributed by atoms with Crippen LogP contribution < -0.4 is 5.46 Å². The lowest BCUT2D eigenvalue weighted by Gasteiger charge is -2.18. The molecule has 0 bridgehead atoms. The summed E-state index contributed by atoms with van der Waals surface area (Å²) >= 11 is 0. The third kappa shape index (κ3) is 2.38. The molecule has 0 amide bonds. The van der Waals surface area contributed by atoms with E-state index < -0.39 is 7.12 Å². The number of hydrogen-bond acceptors (Lipinski definition) is 4. The maximum absolute atomic E-state index is 11.1. The van der Waals surface area contributed by atoms with Crippen molar-refractivity contribution in [3.8, 4) is 0 Å². The van der Waals surface area contributed by atoms with Crippen LogP contribution >= 0.6 is 0 Å². The Hall–Kier alpha value is -1.82. The normalized spacial score (nSPS) is 9.83. The van der Waals surface area contributed by atoms with Crippen molar-refractivity contribution in [3.05, 3.63) is 38.3 Å². The highest BCUT2D eigenvalue weighted by molar-refractivity contribution is 6.60. The van der Waals surface area contributed by atoms with E-state index >= 15 is 0 Å². The van der Waals surface area contributed by atoms with Crippen molar-refractivity contribution >= 4 is 18.9 Å². The number of aldehydes is 1. The number of rotatable bonds is 4. The molecule has 0 aliphatic heterocycles. The van der Waals surface area contributed by atoms with Gasteiger partial charge in [0, 0.05) is 10.5 Å². The van der Waals surface area contributed by atoms with Crippen LogP contribution in [-0.4, -0.2) is 23.5 Å². The Kier molecular flexibility index (Phi) is 4.50. The molecule has 18 heavy (non-hydrogen) atoms. The molecule has 0 aliphatic rings. The van der Waals surface area contributed by atoms with Gasteiger partial charge in [-0.25, -0.2) is 0 Å². The van der Waals surface area contributed by atoms with Gasteiger partial charge in [-0.1, -0.05) is 5.11 Å². The van der Waals surface area contributed by atoms with E-state index in [-0.39, 0.29) is 6.54 Å². The topological polar surface area (TPSA) is 106 Å². The average Bonchev–Trinajstić information content (AvgIpc) is 2.28. The van der Waals surface area contributed by atoms with Crippen molar-refractivity contribution < 1.29 is 14.8 Å². The molecule has 1 aromatic carbocycles. The Bertz CT molecular complexity index is 537. The minimum atomic E-state index is -1.66. The summed E-state index contributed by atoms with van der Waals surface area (Å²) in [6.07, 6.45) is 0.676. The molecule has 0 radical (unpaired) electrons. The van der Waals surface area contributed by atoms with E-state index in [0.29, 0.717) is 39.6 Å². The minimum absolute atomic E-state index is 0.0784. The van der Waals surface area contributed by atoms with E-state index in [9.17, 15) is 14.8 Å². The van der Waals surface area contributed by atoms with Gasteiger partial charge in [-0.2, -0.15) is 0 Å². The second-order valence-corrected chi connectivity index (χ2v) is 4.06. The van der Waals surface area contributed by atoms with Crippen LogP contribution in [0.3, 0.4) is 0 Å². The fourth-order valence-electron chi connectivity index (χ4n) is 2.22. The number of azide groups is 1. The van der Waals surface area contributed by atoms with Crippen molar-refractivity contribution in [2.24, 2.45) is 5.11 Å². The Morgan fingerprint density at radius 2 is 1.89 bits per heavy atom. The summed E-state index contributed by atoms with van der Waals surface area (Å²) < 4.78 is 0. The number of carbonyl (C=O) groups is 1. The first-order valence-electron chi connectivity index (χ1n) is 5.40. The lowest BCUT2D eigenvalue weighted by Crippen LogP contribution is -2.36. The van der Waals surface area contributed by atoms with Crippen LogP contribution in [0.25, 0.3) is 10.4 Å². The fraction of sp³-hybridized carbons (Fsp3) is 0.364. The first-order chi connectivity index (χ1) is 8.45. The molecule has 0 atom stereocenters. The SMILES string of the molecule is Cc1c(C=O)c(C)c(B(O)O)c(C)c1CN=[N+]=[N-]. The van der Waals surface area contributed by atoms with Crippen LogP contribution in [0.1, 0.15) is 32.6 Å². The zero-order valence-electron chi connectivity index (χ0n) is 10.5. The molecule has 7 heteroatoms. The third-order valence-electron chi connectivity index (χ3n) is 3.19. The van der Waals surface area contributed by atoms with Gasteiger partial charge in [-0.15, -0.1) is 0 Å². The first kappa shape index (κ1) is 14.2. The van der Waals surface area contributed by atoms with Crippen molar-refractivity contribution in [1.82, 2.24) is 0 Å². The highest BCUT2D eigenvalue weighted by Crippen LogP contribution is 2.20. The quantitative estimate of drug-likeness (QED) is 0.271. The standard InChI is InChI=1S/C11H14BN3O3/c1-6-9(4-14-15-13)7(2)11(12(17)18)8(3)10(6)5-16/h5,17-18H,4H2,1-3H3. The van der Waals surface area contributed by atoms with Crippen LogP contribution in [0.15, 0.2) is 5.11 Å². The van der Waals surface area contributed by atoms with Gasteiger partial charge < -0.3 is 10.0 Å². The molecule has 0 saturated heterocycles.